The number of halogens is 2. The predicted molar refractivity (Wildman–Crippen MR) is 115 cm³/mol. The van der Waals surface area contributed by atoms with Gasteiger partial charge in [-0.2, -0.15) is 13.4 Å². The van der Waals surface area contributed by atoms with Gasteiger partial charge in [-0.15, -0.1) is 0 Å². The Hall–Kier alpha value is -2.14. The number of carbonyl (C=O) groups excluding carboxylic acids is 2. The minimum Gasteiger partial charge on any atom is -0.378 e. The third kappa shape index (κ3) is 5.47. The molecule has 7 nitrogen and oxygen atoms in total. The van der Waals surface area contributed by atoms with Crippen LogP contribution in [0.2, 0.25) is 5.02 Å². The van der Waals surface area contributed by atoms with Gasteiger partial charge in [0, 0.05) is 11.9 Å². The van der Waals surface area contributed by atoms with Crippen molar-refractivity contribution in [2.75, 3.05) is 0 Å². The van der Waals surface area contributed by atoms with Gasteiger partial charge in [-0.3, -0.25) is 9.59 Å². The van der Waals surface area contributed by atoms with E-state index in [9.17, 15) is 18.0 Å². The minimum atomic E-state index is -4.04. The number of nitrogens with one attached hydrogen (secondary N) is 1. The van der Waals surface area contributed by atoms with Gasteiger partial charge >= 0.3 is 10.1 Å². The normalized spacial score (nSPS) is 15.3. The molecule has 0 aliphatic carbocycles. The number of benzene rings is 2. The Balaban J connectivity index is 1.78. The molecule has 1 aliphatic heterocycles. The lowest BCUT2D eigenvalue weighted by atomic mass is 10.2. The number of amidine groups is 1. The molecule has 0 fully saturated rings. The molecule has 0 aromatic heterocycles. The molecule has 3 rings (SSSR count). The summed E-state index contributed by atoms with van der Waals surface area (Å²) in [6.07, 6.45) is 1.58. The number of thioether (sulfide) groups is 1. The monoisotopic (exact) mass is 514 g/mol. The van der Waals surface area contributed by atoms with E-state index in [1.54, 1.807) is 18.2 Å². The van der Waals surface area contributed by atoms with Crippen molar-refractivity contribution >= 4 is 72.5 Å². The summed E-state index contributed by atoms with van der Waals surface area (Å²) in [5, 5.41) is 3.08. The van der Waals surface area contributed by atoms with Crippen LogP contribution in [-0.4, -0.2) is 25.4 Å². The van der Waals surface area contributed by atoms with E-state index in [1.807, 2.05) is 0 Å². The van der Waals surface area contributed by atoms with Crippen LogP contribution in [0.1, 0.15) is 12.5 Å². The van der Waals surface area contributed by atoms with Gasteiger partial charge in [-0.25, -0.2) is 0 Å². The first-order chi connectivity index (χ1) is 13.6. The third-order valence-corrected chi connectivity index (χ3v) is 6.48. The molecule has 0 spiro atoms. The largest absolute Gasteiger partial charge is 0.378 e. The Morgan fingerprint density at radius 3 is 2.55 bits per heavy atom. The highest BCUT2D eigenvalue weighted by Crippen LogP contribution is 2.32. The molecule has 0 radical (unpaired) electrons. The van der Waals surface area contributed by atoms with E-state index in [4.69, 9.17) is 15.8 Å². The number of nitrogens with zero attached hydrogens (tertiary/aromatic N) is 1. The average Bonchev–Trinajstić information content (AvgIpc) is 2.96. The van der Waals surface area contributed by atoms with Gasteiger partial charge in [0.05, 0.1) is 9.38 Å². The highest BCUT2D eigenvalue weighted by Gasteiger charge is 2.23. The summed E-state index contributed by atoms with van der Waals surface area (Å²) in [6.45, 7) is 1.32. The van der Waals surface area contributed by atoms with E-state index in [-0.39, 0.29) is 21.7 Å². The van der Waals surface area contributed by atoms with Gasteiger partial charge in [-0.1, -0.05) is 17.7 Å². The summed E-state index contributed by atoms with van der Waals surface area (Å²) in [6, 6.07) is 10.3. The van der Waals surface area contributed by atoms with Crippen LogP contribution in [0.15, 0.2) is 61.7 Å². The maximum absolute atomic E-state index is 12.4. The molecule has 1 heterocycles. The first-order valence-corrected chi connectivity index (χ1v) is 11.3. The Kier molecular flexibility index (Phi) is 6.47. The number of hydrogen-bond acceptors (Lipinski definition) is 6. The van der Waals surface area contributed by atoms with E-state index >= 15 is 0 Å². The number of hydrogen-bond donors (Lipinski definition) is 1. The molecular formula is C18H12BrClN2O5S2. The van der Waals surface area contributed by atoms with E-state index in [0.29, 0.717) is 20.0 Å². The minimum absolute atomic E-state index is 0.0319. The molecule has 11 heteroatoms. The number of carbonyl (C=O) groups is 2. The van der Waals surface area contributed by atoms with Crippen molar-refractivity contribution in [3.05, 3.63) is 62.4 Å². The second-order valence-corrected chi connectivity index (χ2v) is 9.56. The fourth-order valence-corrected chi connectivity index (χ4v) is 4.72. The molecule has 0 saturated heterocycles. The van der Waals surface area contributed by atoms with E-state index in [1.165, 1.54) is 37.3 Å². The fraction of sp³-hybridized carbons (Fsp3) is 0.0556. The van der Waals surface area contributed by atoms with Crippen LogP contribution in [0, 0.1) is 0 Å². The second kappa shape index (κ2) is 8.70. The van der Waals surface area contributed by atoms with Crippen LogP contribution in [0.4, 0.5) is 0 Å². The van der Waals surface area contributed by atoms with Crippen LogP contribution < -0.4 is 9.50 Å². The maximum atomic E-state index is 12.4. The summed E-state index contributed by atoms with van der Waals surface area (Å²) in [5.41, 5.74) is 0.614. The highest BCUT2D eigenvalue weighted by atomic mass is 79.9. The lowest BCUT2D eigenvalue weighted by molar-refractivity contribution is -0.117. The van der Waals surface area contributed by atoms with Gasteiger partial charge in [0.25, 0.3) is 5.91 Å². The van der Waals surface area contributed by atoms with Crippen LogP contribution >= 0.6 is 39.3 Å². The molecule has 0 saturated carbocycles. The van der Waals surface area contributed by atoms with Gasteiger partial charge in [-0.05, 0) is 75.7 Å². The van der Waals surface area contributed by atoms with Crippen molar-refractivity contribution in [2.24, 2.45) is 4.99 Å². The molecule has 2 aromatic carbocycles. The lowest BCUT2D eigenvalue weighted by Gasteiger charge is -2.09. The zero-order valence-electron chi connectivity index (χ0n) is 14.7. The number of amides is 2. The zero-order chi connectivity index (χ0) is 21.2. The summed E-state index contributed by atoms with van der Waals surface area (Å²) >= 11 is 10.1. The van der Waals surface area contributed by atoms with Gasteiger partial charge in [0.1, 0.15) is 4.90 Å². The molecule has 2 amide bonds. The Morgan fingerprint density at radius 1 is 1.24 bits per heavy atom. The van der Waals surface area contributed by atoms with E-state index < -0.39 is 16.0 Å². The highest BCUT2D eigenvalue weighted by molar-refractivity contribution is 9.10. The van der Waals surface area contributed by atoms with Crippen molar-refractivity contribution in [2.45, 2.75) is 11.8 Å². The Labute approximate surface area is 184 Å². The topological polar surface area (TPSA) is 102 Å². The van der Waals surface area contributed by atoms with Crippen LogP contribution in [-0.2, 0) is 19.7 Å². The summed E-state index contributed by atoms with van der Waals surface area (Å²) < 4.78 is 30.4. The van der Waals surface area contributed by atoms with Crippen LogP contribution in [0.25, 0.3) is 6.08 Å². The summed E-state index contributed by atoms with van der Waals surface area (Å²) in [7, 11) is -4.04. The molecule has 0 unspecified atom stereocenters. The van der Waals surface area contributed by atoms with E-state index in [2.05, 4.69) is 26.2 Å². The summed E-state index contributed by atoms with van der Waals surface area (Å²) in [4.78, 5) is 27.1. The standard InChI is InChI=1S/C18H12BrClN2O5S2/c1-10(23)21-18-22-17(24)16(28-18)9-11-2-7-15(14(19)8-11)27-29(25,26)13-5-3-12(20)4-6-13/h2-9H,1H3,(H,21,22,23,24)/b16-9+. The lowest BCUT2D eigenvalue weighted by Crippen LogP contribution is -2.23. The van der Waals surface area contributed by atoms with Crippen LogP contribution in [0.5, 0.6) is 5.75 Å². The molecular weight excluding hydrogens is 504 g/mol. The Bertz CT molecular complexity index is 1160. The molecule has 0 atom stereocenters. The SMILES string of the molecule is CC(=O)NC1=NC(=O)/C(=C\c2ccc(OS(=O)(=O)c3ccc(Cl)cc3)c(Br)c2)S1. The van der Waals surface area contributed by atoms with Crippen molar-refractivity contribution in [1.82, 2.24) is 5.32 Å². The molecule has 150 valence electrons. The number of rotatable bonds is 4. The quantitative estimate of drug-likeness (QED) is 0.488. The smallest absolute Gasteiger partial charge is 0.339 e. The van der Waals surface area contributed by atoms with Gasteiger partial charge in [0.15, 0.2) is 10.9 Å². The molecule has 1 aliphatic rings. The van der Waals surface area contributed by atoms with Crippen molar-refractivity contribution in [3.8, 4) is 5.75 Å². The maximum Gasteiger partial charge on any atom is 0.339 e. The predicted octanol–water partition coefficient (Wildman–Crippen LogP) is 3.98. The van der Waals surface area contributed by atoms with Crippen molar-refractivity contribution in [3.63, 3.8) is 0 Å². The zero-order valence-corrected chi connectivity index (χ0v) is 18.7. The fourth-order valence-electron chi connectivity index (χ4n) is 2.21. The molecule has 29 heavy (non-hydrogen) atoms. The molecule has 2 aromatic rings. The summed E-state index contributed by atoms with van der Waals surface area (Å²) in [5.74, 6) is -0.709. The third-order valence-electron chi connectivity index (χ3n) is 3.46. The van der Waals surface area contributed by atoms with Crippen molar-refractivity contribution < 1.29 is 22.2 Å². The Morgan fingerprint density at radius 2 is 1.93 bits per heavy atom. The van der Waals surface area contributed by atoms with Crippen molar-refractivity contribution in [1.29, 1.82) is 0 Å². The number of aliphatic imine (C=N–C) groups is 1. The van der Waals surface area contributed by atoms with Gasteiger partial charge in [0.2, 0.25) is 5.91 Å². The van der Waals surface area contributed by atoms with Crippen LogP contribution in [0.3, 0.4) is 0 Å². The average molecular weight is 516 g/mol. The van der Waals surface area contributed by atoms with Gasteiger partial charge < -0.3 is 9.50 Å². The first-order valence-electron chi connectivity index (χ1n) is 7.94. The van der Waals surface area contributed by atoms with E-state index in [0.717, 1.165) is 11.8 Å². The second-order valence-electron chi connectivity index (χ2n) is 5.70. The first kappa shape index (κ1) is 21.6. The molecule has 0 bridgehead atoms. The molecule has 1 N–H and O–H groups in total.